The van der Waals surface area contributed by atoms with Crippen LogP contribution in [0.25, 0.3) is 0 Å². The van der Waals surface area contributed by atoms with Gasteiger partial charge in [-0.1, -0.05) is 0 Å². The van der Waals surface area contributed by atoms with Crippen molar-refractivity contribution < 1.29 is 34.3 Å². The Morgan fingerprint density at radius 2 is 1.17 bits per heavy atom. The number of hydrogen-bond donors (Lipinski definition) is 0. The molecule has 0 fully saturated rings. The smallest absolute Gasteiger partial charge is 0.147 e. The molecule has 8 heteroatoms. The van der Waals surface area contributed by atoms with E-state index in [2.05, 4.69) is 46.5 Å². The second kappa shape index (κ2) is 13.5. The minimum absolute atomic E-state index is 0. The number of pyridine rings is 1. The molecule has 5 nitrogen and oxygen atoms in total. The molecule has 0 atom stereocenters. The standard InChI is InChI=1S/2C11H16O2.C6H5N.2ClH.Ti/c2*1-11(2,3)9-7-8(13-4)5-6-10(9)12;1-6-4-2-3-5-7-6;;;/h2*5-7,12H,1-4H3;1-5H;2*1H;/q;;;;;+2/p-2. The van der Waals surface area contributed by atoms with Gasteiger partial charge < -0.3 is 0 Å². The fourth-order valence-electron chi connectivity index (χ4n) is 3.50. The van der Waals surface area contributed by atoms with Crippen molar-refractivity contribution in [1.82, 2.24) is 4.98 Å². The maximum Gasteiger partial charge on any atom is -0.147 e. The number of nitrogens with zero attached hydrogens (tertiary/aromatic N) is 1. The quantitative estimate of drug-likeness (QED) is 0.279. The van der Waals surface area contributed by atoms with E-state index in [1.54, 1.807) is 20.4 Å². The molecule has 0 aliphatic heterocycles. The molecule has 0 unspecified atom stereocenters. The fourth-order valence-corrected chi connectivity index (χ4v) is 5.63. The van der Waals surface area contributed by atoms with Gasteiger partial charge >= 0.3 is 211 Å². The predicted molar refractivity (Wildman–Crippen MR) is 149 cm³/mol. The topological polar surface area (TPSA) is 49.8 Å². The van der Waals surface area contributed by atoms with Gasteiger partial charge in [0.15, 0.2) is 0 Å². The summed E-state index contributed by atoms with van der Waals surface area (Å²) in [5, 5.41) is 0. The molecule has 196 valence electrons. The molecule has 0 saturated heterocycles. The van der Waals surface area contributed by atoms with Gasteiger partial charge in [0, 0.05) is 0 Å². The minimum Gasteiger partial charge on any atom is -0.147 e. The minimum atomic E-state index is -2.78. The second-order valence-corrected chi connectivity index (χ2v) is 12.2. The van der Waals surface area contributed by atoms with Gasteiger partial charge in [0.1, 0.15) is 0 Å². The summed E-state index contributed by atoms with van der Waals surface area (Å²) in [6.45, 7) is 13.0. The Labute approximate surface area is 234 Å². The number of rotatable bonds is 7. The monoisotopic (exact) mass is 569 g/mol. The molecular weight excluding hydrogens is 533 g/mol. The zero-order chi connectivity index (χ0) is 24.9. The number of halogens is 2. The van der Waals surface area contributed by atoms with Crippen LogP contribution in [0.3, 0.4) is 0 Å². The Bertz CT molecular complexity index is 1090. The predicted octanol–water partition coefficient (Wildman–Crippen LogP) is 7.29. The molecule has 3 aromatic rings. The van der Waals surface area contributed by atoms with Gasteiger partial charge in [0.2, 0.25) is 0 Å². The maximum absolute atomic E-state index is 6.67. The van der Waals surface area contributed by atoms with E-state index in [9.17, 15) is 0 Å². The van der Waals surface area contributed by atoms with Gasteiger partial charge in [0.05, 0.1) is 0 Å². The van der Waals surface area contributed by atoms with Crippen molar-refractivity contribution in [2.75, 3.05) is 14.2 Å². The summed E-state index contributed by atoms with van der Waals surface area (Å²) in [6.07, 6.45) is 1.78. The van der Waals surface area contributed by atoms with Crippen LogP contribution in [0, 0.1) is 0 Å². The summed E-state index contributed by atoms with van der Waals surface area (Å²) in [5.74, 6) is 3.22. The first-order valence-corrected chi connectivity index (χ1v) is 13.5. The van der Waals surface area contributed by atoms with Crippen LogP contribution in [0.15, 0.2) is 60.8 Å². The van der Waals surface area contributed by atoms with Crippen molar-refractivity contribution >= 4 is 29.1 Å². The number of methoxy groups -OCH3 is 2. The molecule has 1 heterocycles. The molecule has 0 spiro atoms. The normalized spacial score (nSPS) is 10.9. The van der Waals surface area contributed by atoms with Crippen LogP contribution in [0.1, 0.15) is 58.4 Å². The third kappa shape index (κ3) is 8.52. The molecular formula is C28H37Cl2NO4Ti. The summed E-state index contributed by atoms with van der Waals surface area (Å²) in [5.41, 5.74) is 2.72. The van der Waals surface area contributed by atoms with E-state index >= 15 is 0 Å². The molecule has 0 bridgehead atoms. The fraction of sp³-hybridized carbons (Fsp3) is 0.357. The SMILES string of the molecule is COc1ccc([O][Ti](=[CH]c2ccccn2)[O]c2ccc(OC)cc2C(C)(C)C)c(C(C)(C)C)c1.Cl.Cl. The van der Waals surface area contributed by atoms with E-state index in [-0.39, 0.29) is 35.6 Å². The average molecular weight is 570 g/mol. The second-order valence-electron chi connectivity index (χ2n) is 10.1. The van der Waals surface area contributed by atoms with E-state index in [0.29, 0.717) is 0 Å². The Hall–Kier alpha value is -2.05. The molecule has 0 radical (unpaired) electrons. The van der Waals surface area contributed by atoms with Crippen LogP contribution >= 0.6 is 24.8 Å². The summed E-state index contributed by atoms with van der Waals surface area (Å²) in [7, 11) is 3.36. The zero-order valence-electron chi connectivity index (χ0n) is 22.2. The van der Waals surface area contributed by atoms with Crippen molar-refractivity contribution in [3.8, 4) is 23.0 Å². The molecule has 0 N–H and O–H groups in total. The van der Waals surface area contributed by atoms with Crippen molar-refractivity contribution in [2.45, 2.75) is 52.4 Å². The number of hydrogen-bond acceptors (Lipinski definition) is 5. The van der Waals surface area contributed by atoms with Gasteiger partial charge in [-0.3, -0.25) is 0 Å². The van der Waals surface area contributed by atoms with Crippen LogP contribution in [-0.4, -0.2) is 23.5 Å². The molecule has 1 aromatic heterocycles. The van der Waals surface area contributed by atoms with E-state index < -0.39 is 18.2 Å². The van der Waals surface area contributed by atoms with Gasteiger partial charge in [0.25, 0.3) is 0 Å². The third-order valence-corrected chi connectivity index (χ3v) is 7.51. The van der Waals surface area contributed by atoms with Crippen LogP contribution < -0.4 is 16.1 Å². The first kappa shape index (κ1) is 32.0. The summed E-state index contributed by atoms with van der Waals surface area (Å²) >= 11 is -2.78. The molecule has 0 amide bonds. The Kier molecular flexibility index (Phi) is 12.0. The van der Waals surface area contributed by atoms with Crippen molar-refractivity contribution in [2.24, 2.45) is 0 Å². The van der Waals surface area contributed by atoms with Crippen molar-refractivity contribution in [3.05, 3.63) is 77.6 Å². The molecule has 3 rings (SSSR count). The molecule has 0 saturated carbocycles. The maximum atomic E-state index is 6.67. The van der Waals surface area contributed by atoms with E-state index in [4.69, 9.17) is 16.1 Å². The summed E-state index contributed by atoms with van der Waals surface area (Å²) in [6, 6.07) is 17.7. The first-order valence-electron chi connectivity index (χ1n) is 11.4. The van der Waals surface area contributed by atoms with Gasteiger partial charge in [-0.05, 0) is 0 Å². The molecule has 0 aliphatic rings. The van der Waals surface area contributed by atoms with Crippen LogP contribution in [0.4, 0.5) is 0 Å². The van der Waals surface area contributed by atoms with Crippen LogP contribution in [-0.2, 0) is 29.0 Å². The first-order chi connectivity index (χ1) is 16.0. The van der Waals surface area contributed by atoms with Crippen LogP contribution in [0.5, 0.6) is 23.0 Å². The Morgan fingerprint density at radius 3 is 1.53 bits per heavy atom. The van der Waals surface area contributed by atoms with Gasteiger partial charge in [-0.2, -0.15) is 0 Å². The largest absolute Gasteiger partial charge is 0.147 e. The number of benzene rings is 2. The zero-order valence-corrected chi connectivity index (χ0v) is 25.4. The van der Waals surface area contributed by atoms with Crippen molar-refractivity contribution in [3.63, 3.8) is 0 Å². The molecule has 0 aliphatic carbocycles. The Morgan fingerprint density at radius 1 is 0.694 bits per heavy atom. The van der Waals surface area contributed by atoms with Crippen molar-refractivity contribution in [1.29, 1.82) is 0 Å². The third-order valence-electron chi connectivity index (χ3n) is 5.36. The van der Waals surface area contributed by atoms with E-state index in [1.807, 2.05) is 58.9 Å². The Balaban J connectivity index is 0.00000324. The van der Waals surface area contributed by atoms with Gasteiger partial charge in [-0.25, -0.2) is 0 Å². The molecule has 36 heavy (non-hydrogen) atoms. The molecule has 2 aromatic carbocycles. The average Bonchev–Trinajstić information content (AvgIpc) is 2.78. The van der Waals surface area contributed by atoms with Gasteiger partial charge in [-0.15, -0.1) is 24.8 Å². The van der Waals surface area contributed by atoms with E-state index in [0.717, 1.165) is 39.8 Å². The summed E-state index contributed by atoms with van der Waals surface area (Å²) < 4.78 is 26.3. The summed E-state index contributed by atoms with van der Waals surface area (Å²) in [4.78, 5) is 4.49. The van der Waals surface area contributed by atoms with E-state index in [1.165, 1.54) is 0 Å². The number of aromatic nitrogens is 1. The van der Waals surface area contributed by atoms with Crippen LogP contribution in [0.2, 0.25) is 0 Å². The number of ether oxygens (including phenoxy) is 2.